The molecule has 6 nitrogen and oxygen atoms in total. The first-order valence-corrected chi connectivity index (χ1v) is 8.90. The maximum Gasteiger partial charge on any atom is 0.257 e. The molecule has 2 aromatic rings. The molecule has 0 saturated carbocycles. The summed E-state index contributed by atoms with van der Waals surface area (Å²) in [6.07, 6.45) is 3.80. The third kappa shape index (κ3) is 4.41. The molecule has 2 aromatic heterocycles. The number of hydrogen-bond acceptors (Lipinski definition) is 4. The lowest BCUT2D eigenvalue weighted by atomic mass is 9.87. The maximum absolute atomic E-state index is 14.5. The average Bonchev–Trinajstić information content (AvgIpc) is 2.69. The standard InChI is InChI=1S/C19H21F3N4O2/c1-13(18(27)24-17-4-3-15(20)11-23-17)25-10-7-19(21,22)16(12-25)14-5-8-26(28-2)9-6-14/h3-6,8-9,11,13,16H,7,10,12H2,1-2H3/p+1/t13-,16+/m0/s1. The van der Waals surface area contributed by atoms with E-state index in [1.165, 1.54) is 24.0 Å². The molecule has 1 aliphatic heterocycles. The highest BCUT2D eigenvalue weighted by Crippen LogP contribution is 2.40. The number of halogens is 3. The van der Waals surface area contributed by atoms with Crippen molar-refractivity contribution in [2.24, 2.45) is 0 Å². The number of amides is 1. The SMILES string of the molecule is CO[n+]1ccc([C@H]2CN([C@@H](C)C(=O)Nc3ccc(F)cn3)CCC2(F)F)cc1. The van der Waals surface area contributed by atoms with Crippen LogP contribution >= 0.6 is 0 Å². The summed E-state index contributed by atoms with van der Waals surface area (Å²) in [7, 11) is 1.48. The van der Waals surface area contributed by atoms with Crippen LogP contribution in [0.15, 0.2) is 42.9 Å². The lowest BCUT2D eigenvalue weighted by molar-refractivity contribution is -0.885. The van der Waals surface area contributed by atoms with Crippen LogP contribution in [0.4, 0.5) is 19.0 Å². The molecular weight excluding hydrogens is 373 g/mol. The molecule has 0 bridgehead atoms. The van der Waals surface area contributed by atoms with Gasteiger partial charge in [0.25, 0.3) is 5.92 Å². The molecule has 0 unspecified atom stereocenters. The second-order valence-electron chi connectivity index (χ2n) is 6.76. The number of alkyl halides is 2. The van der Waals surface area contributed by atoms with Gasteiger partial charge in [0.15, 0.2) is 0 Å². The van der Waals surface area contributed by atoms with Gasteiger partial charge in [-0.1, -0.05) is 0 Å². The Morgan fingerprint density at radius 1 is 1.36 bits per heavy atom. The van der Waals surface area contributed by atoms with Crippen LogP contribution in [0.25, 0.3) is 0 Å². The molecule has 1 N–H and O–H groups in total. The zero-order valence-electron chi connectivity index (χ0n) is 15.6. The Bertz CT molecular complexity index is 815. The van der Waals surface area contributed by atoms with E-state index in [0.29, 0.717) is 5.56 Å². The number of nitrogens with zero attached hydrogens (tertiary/aromatic N) is 3. The van der Waals surface area contributed by atoms with Crippen LogP contribution in [0.1, 0.15) is 24.8 Å². The highest BCUT2D eigenvalue weighted by Gasteiger charge is 2.46. The molecule has 1 amide bonds. The van der Waals surface area contributed by atoms with E-state index in [9.17, 15) is 18.0 Å². The van der Waals surface area contributed by atoms with Crippen molar-refractivity contribution in [3.05, 3.63) is 54.2 Å². The van der Waals surface area contributed by atoms with E-state index in [0.717, 1.165) is 6.20 Å². The Morgan fingerprint density at radius 2 is 2.07 bits per heavy atom. The third-order valence-corrected chi connectivity index (χ3v) is 5.01. The minimum atomic E-state index is -2.87. The van der Waals surface area contributed by atoms with Crippen molar-refractivity contribution in [1.29, 1.82) is 0 Å². The maximum atomic E-state index is 14.5. The number of anilines is 1. The highest BCUT2D eigenvalue weighted by atomic mass is 19.3. The molecule has 0 aliphatic carbocycles. The van der Waals surface area contributed by atoms with Crippen LogP contribution in [0.5, 0.6) is 0 Å². The summed E-state index contributed by atoms with van der Waals surface area (Å²) < 4.78 is 43.4. The van der Waals surface area contributed by atoms with Gasteiger partial charge in [-0.25, -0.2) is 18.2 Å². The fourth-order valence-corrected chi connectivity index (χ4v) is 3.25. The molecule has 3 rings (SSSR count). The number of carbonyl (C=O) groups excluding carboxylic acids is 1. The lowest BCUT2D eigenvalue weighted by Gasteiger charge is -2.40. The lowest BCUT2D eigenvalue weighted by Crippen LogP contribution is -2.52. The Labute approximate surface area is 160 Å². The van der Waals surface area contributed by atoms with Crippen molar-refractivity contribution in [1.82, 2.24) is 9.88 Å². The van der Waals surface area contributed by atoms with Gasteiger partial charge in [-0.3, -0.25) is 14.5 Å². The van der Waals surface area contributed by atoms with E-state index in [1.807, 2.05) is 0 Å². The summed E-state index contributed by atoms with van der Waals surface area (Å²) in [6, 6.07) is 5.09. The van der Waals surface area contributed by atoms with Crippen LogP contribution in [-0.2, 0) is 4.79 Å². The number of hydrogen-bond donors (Lipinski definition) is 1. The quantitative estimate of drug-likeness (QED) is 0.787. The highest BCUT2D eigenvalue weighted by molar-refractivity contribution is 5.93. The van der Waals surface area contributed by atoms with Crippen molar-refractivity contribution < 1.29 is 27.5 Å². The summed E-state index contributed by atoms with van der Waals surface area (Å²) in [5.74, 6) is -4.58. The third-order valence-electron chi connectivity index (χ3n) is 5.01. The molecule has 9 heteroatoms. The predicted octanol–water partition coefficient (Wildman–Crippen LogP) is 2.02. The number of likely N-dealkylation sites (tertiary alicyclic amines) is 1. The molecule has 2 atom stereocenters. The zero-order chi connectivity index (χ0) is 20.3. The summed E-state index contributed by atoms with van der Waals surface area (Å²) in [6.45, 7) is 1.79. The van der Waals surface area contributed by atoms with Crippen molar-refractivity contribution in [3.63, 3.8) is 0 Å². The van der Waals surface area contributed by atoms with E-state index in [2.05, 4.69) is 10.3 Å². The molecule has 1 aliphatic rings. The largest absolute Gasteiger partial charge is 0.309 e. The van der Waals surface area contributed by atoms with Crippen LogP contribution in [-0.4, -0.2) is 48.0 Å². The smallest absolute Gasteiger partial charge is 0.257 e. The van der Waals surface area contributed by atoms with Crippen molar-refractivity contribution in [2.45, 2.75) is 31.2 Å². The van der Waals surface area contributed by atoms with Gasteiger partial charge in [-0.2, -0.15) is 0 Å². The fraction of sp³-hybridized carbons (Fsp3) is 0.421. The van der Waals surface area contributed by atoms with E-state index in [-0.39, 0.29) is 31.2 Å². The molecule has 0 spiro atoms. The minimum Gasteiger partial charge on any atom is -0.309 e. The van der Waals surface area contributed by atoms with Gasteiger partial charge >= 0.3 is 0 Å². The molecule has 0 radical (unpaired) electrons. The van der Waals surface area contributed by atoms with Gasteiger partial charge < -0.3 is 5.32 Å². The first-order chi connectivity index (χ1) is 13.3. The van der Waals surface area contributed by atoms with Gasteiger partial charge in [0.1, 0.15) is 18.7 Å². The molecule has 0 aromatic carbocycles. The van der Waals surface area contributed by atoms with E-state index >= 15 is 0 Å². The Hall–Kier alpha value is -2.68. The van der Waals surface area contributed by atoms with Crippen molar-refractivity contribution in [2.75, 3.05) is 25.5 Å². The number of aromatic nitrogens is 2. The topological polar surface area (TPSA) is 58.3 Å². The molecule has 150 valence electrons. The molecule has 1 fully saturated rings. The first kappa shape index (κ1) is 20.1. The summed E-state index contributed by atoms with van der Waals surface area (Å²) in [5.41, 5.74) is 0.482. The molecular formula is C19H22F3N4O2+. The Kier molecular flexibility index (Phi) is 5.83. The Morgan fingerprint density at radius 3 is 2.68 bits per heavy atom. The number of pyridine rings is 2. The number of piperidine rings is 1. The summed E-state index contributed by atoms with van der Waals surface area (Å²) >= 11 is 0. The van der Waals surface area contributed by atoms with Crippen LogP contribution < -0.4 is 14.9 Å². The average molecular weight is 395 g/mol. The number of rotatable bonds is 5. The van der Waals surface area contributed by atoms with E-state index in [1.54, 1.807) is 36.4 Å². The van der Waals surface area contributed by atoms with E-state index < -0.39 is 23.7 Å². The first-order valence-electron chi connectivity index (χ1n) is 8.90. The number of nitrogens with one attached hydrogen (secondary N) is 1. The summed E-state index contributed by atoms with van der Waals surface area (Å²) in [5, 5.41) is 2.59. The summed E-state index contributed by atoms with van der Waals surface area (Å²) in [4.78, 5) is 23.0. The van der Waals surface area contributed by atoms with Crippen molar-refractivity contribution in [3.8, 4) is 0 Å². The van der Waals surface area contributed by atoms with Crippen LogP contribution in [0.3, 0.4) is 0 Å². The normalized spacial score (nSPS) is 20.4. The number of carbonyl (C=O) groups is 1. The molecule has 3 heterocycles. The van der Waals surface area contributed by atoms with Crippen molar-refractivity contribution >= 4 is 11.7 Å². The second-order valence-corrected chi connectivity index (χ2v) is 6.76. The molecule has 1 saturated heterocycles. The molecule has 28 heavy (non-hydrogen) atoms. The van der Waals surface area contributed by atoms with E-state index in [4.69, 9.17) is 4.84 Å². The van der Waals surface area contributed by atoms with Gasteiger partial charge in [-0.05, 0) is 24.6 Å². The van der Waals surface area contributed by atoms with Crippen LogP contribution in [0, 0.1) is 5.82 Å². The zero-order valence-corrected chi connectivity index (χ0v) is 15.6. The predicted molar refractivity (Wildman–Crippen MR) is 95.3 cm³/mol. The second kappa shape index (κ2) is 8.14. The van der Waals surface area contributed by atoms with Gasteiger partial charge in [0.2, 0.25) is 18.3 Å². The van der Waals surface area contributed by atoms with Crippen LogP contribution in [0.2, 0.25) is 0 Å². The fourth-order valence-electron chi connectivity index (χ4n) is 3.25. The minimum absolute atomic E-state index is 0.0371. The monoisotopic (exact) mass is 395 g/mol. The van der Waals surface area contributed by atoms with Gasteiger partial charge in [0.05, 0.1) is 18.2 Å². The Balaban J connectivity index is 1.71. The van der Waals surface area contributed by atoms with Gasteiger partial charge in [0, 0.05) is 36.4 Å². The van der Waals surface area contributed by atoms with Gasteiger partial charge in [-0.15, -0.1) is 0 Å².